The summed E-state index contributed by atoms with van der Waals surface area (Å²) in [6.07, 6.45) is 4.08. The summed E-state index contributed by atoms with van der Waals surface area (Å²) in [5.74, 6) is 0.489. The van der Waals surface area contributed by atoms with Gasteiger partial charge in [-0.05, 0) is 30.9 Å². The van der Waals surface area contributed by atoms with E-state index in [1.807, 2.05) is 16.9 Å². The molecular weight excluding hydrogens is 290 g/mol. The van der Waals surface area contributed by atoms with Crippen molar-refractivity contribution in [3.8, 4) is 0 Å². The first-order valence-electron chi connectivity index (χ1n) is 6.38. The van der Waals surface area contributed by atoms with Crippen molar-refractivity contribution in [1.82, 2.24) is 15.0 Å². The van der Waals surface area contributed by atoms with E-state index in [0.717, 1.165) is 25.1 Å². The Balaban J connectivity index is 2.17. The fraction of sp³-hybridized carbons (Fsp3) is 0.429. The summed E-state index contributed by atoms with van der Waals surface area (Å²) in [6.45, 7) is 5.16. The Hall–Kier alpha value is -1.16. The number of benzene rings is 1. The van der Waals surface area contributed by atoms with Crippen molar-refractivity contribution >= 4 is 15.9 Å². The van der Waals surface area contributed by atoms with Gasteiger partial charge in [0.1, 0.15) is 0 Å². The van der Waals surface area contributed by atoms with E-state index in [-0.39, 0.29) is 0 Å². The van der Waals surface area contributed by atoms with Gasteiger partial charge < -0.3 is 0 Å². The molecule has 0 aliphatic carbocycles. The van der Waals surface area contributed by atoms with Gasteiger partial charge in [-0.15, -0.1) is 5.10 Å². The third kappa shape index (κ3) is 2.99. The lowest BCUT2D eigenvalue weighted by Crippen LogP contribution is -2.03. The predicted octanol–water partition coefficient (Wildman–Crippen LogP) is 3.80. The number of halogens is 1. The smallest absolute Gasteiger partial charge is 0.0833 e. The van der Waals surface area contributed by atoms with Gasteiger partial charge in [0.05, 0.1) is 5.69 Å². The van der Waals surface area contributed by atoms with Gasteiger partial charge >= 0.3 is 0 Å². The molecule has 0 N–H and O–H groups in total. The van der Waals surface area contributed by atoms with Gasteiger partial charge in [-0.25, -0.2) is 0 Å². The molecule has 0 radical (unpaired) electrons. The molecule has 3 nitrogen and oxygen atoms in total. The van der Waals surface area contributed by atoms with Gasteiger partial charge in [-0.1, -0.05) is 46.3 Å². The Morgan fingerprint density at radius 3 is 2.67 bits per heavy atom. The molecule has 0 saturated carbocycles. The van der Waals surface area contributed by atoms with Crippen molar-refractivity contribution in [1.29, 1.82) is 0 Å². The van der Waals surface area contributed by atoms with Crippen LogP contribution in [0.4, 0.5) is 0 Å². The standard InChI is InChI=1S/C14H18BrN3/c1-3-11(13-7-5-6-8-14(13)15)9-12-10-18(4-2)17-16-12/h5-8,10-11H,3-4,9H2,1-2H3. The fourth-order valence-electron chi connectivity index (χ4n) is 2.12. The maximum Gasteiger partial charge on any atom is 0.0833 e. The maximum absolute atomic E-state index is 4.23. The van der Waals surface area contributed by atoms with E-state index in [4.69, 9.17) is 0 Å². The van der Waals surface area contributed by atoms with Gasteiger partial charge in [-0.3, -0.25) is 4.68 Å². The van der Waals surface area contributed by atoms with Gasteiger partial charge in [0.25, 0.3) is 0 Å². The molecule has 1 aromatic carbocycles. The zero-order chi connectivity index (χ0) is 13.0. The van der Waals surface area contributed by atoms with Gasteiger partial charge in [0.15, 0.2) is 0 Å². The molecule has 2 rings (SSSR count). The summed E-state index contributed by atoms with van der Waals surface area (Å²) in [4.78, 5) is 0. The minimum Gasteiger partial charge on any atom is -0.253 e. The van der Waals surface area contributed by atoms with Crippen molar-refractivity contribution in [2.75, 3.05) is 0 Å². The monoisotopic (exact) mass is 307 g/mol. The van der Waals surface area contributed by atoms with Crippen molar-refractivity contribution in [2.45, 2.75) is 39.2 Å². The summed E-state index contributed by atoms with van der Waals surface area (Å²) in [6, 6.07) is 8.42. The van der Waals surface area contributed by atoms with Crippen LogP contribution < -0.4 is 0 Å². The first kappa shape index (κ1) is 13.3. The average Bonchev–Trinajstić information content (AvgIpc) is 2.85. The van der Waals surface area contributed by atoms with Crippen LogP contribution in [0.3, 0.4) is 0 Å². The minimum atomic E-state index is 0.489. The van der Waals surface area contributed by atoms with Crippen LogP contribution in [0.15, 0.2) is 34.9 Å². The van der Waals surface area contributed by atoms with Crippen molar-refractivity contribution < 1.29 is 0 Å². The zero-order valence-electron chi connectivity index (χ0n) is 10.8. The van der Waals surface area contributed by atoms with Gasteiger partial charge in [0, 0.05) is 23.6 Å². The van der Waals surface area contributed by atoms with Crippen LogP contribution in [0, 0.1) is 0 Å². The summed E-state index contributed by atoms with van der Waals surface area (Å²) < 4.78 is 3.06. The lowest BCUT2D eigenvalue weighted by Gasteiger charge is -2.15. The molecule has 96 valence electrons. The van der Waals surface area contributed by atoms with Crippen molar-refractivity contribution in [3.05, 3.63) is 46.2 Å². The summed E-state index contributed by atoms with van der Waals surface area (Å²) in [5, 5.41) is 8.32. The molecule has 0 bridgehead atoms. The minimum absolute atomic E-state index is 0.489. The normalized spacial score (nSPS) is 12.6. The highest BCUT2D eigenvalue weighted by atomic mass is 79.9. The van der Waals surface area contributed by atoms with Crippen LogP contribution in [0.1, 0.15) is 37.4 Å². The first-order chi connectivity index (χ1) is 8.74. The summed E-state index contributed by atoms with van der Waals surface area (Å²) in [7, 11) is 0. The number of aromatic nitrogens is 3. The molecule has 0 spiro atoms. The maximum atomic E-state index is 4.23. The van der Waals surface area contributed by atoms with Crippen LogP contribution in [0.5, 0.6) is 0 Å². The largest absolute Gasteiger partial charge is 0.253 e. The van der Waals surface area contributed by atoms with E-state index in [1.54, 1.807) is 0 Å². The number of nitrogens with zero attached hydrogens (tertiary/aromatic N) is 3. The molecule has 0 fully saturated rings. The van der Waals surface area contributed by atoms with Gasteiger partial charge in [0.2, 0.25) is 0 Å². The molecule has 1 atom stereocenters. The third-order valence-corrected chi connectivity index (χ3v) is 3.93. The van der Waals surface area contributed by atoms with Crippen LogP contribution in [0.25, 0.3) is 0 Å². The Morgan fingerprint density at radius 2 is 2.06 bits per heavy atom. The molecule has 0 amide bonds. The Morgan fingerprint density at radius 1 is 1.28 bits per heavy atom. The zero-order valence-corrected chi connectivity index (χ0v) is 12.4. The molecule has 4 heteroatoms. The molecule has 1 heterocycles. The molecule has 2 aromatic rings. The van der Waals surface area contributed by atoms with Crippen LogP contribution >= 0.6 is 15.9 Å². The molecule has 18 heavy (non-hydrogen) atoms. The van der Waals surface area contributed by atoms with Crippen LogP contribution in [-0.2, 0) is 13.0 Å². The van der Waals surface area contributed by atoms with E-state index in [0.29, 0.717) is 5.92 Å². The second-order valence-electron chi connectivity index (χ2n) is 4.40. The summed E-state index contributed by atoms with van der Waals surface area (Å²) in [5.41, 5.74) is 2.42. The number of aryl methyl sites for hydroxylation is 1. The van der Waals surface area contributed by atoms with Crippen molar-refractivity contribution in [2.24, 2.45) is 0 Å². The highest BCUT2D eigenvalue weighted by Gasteiger charge is 2.14. The molecule has 0 aliphatic rings. The average molecular weight is 308 g/mol. The van der Waals surface area contributed by atoms with E-state index < -0.39 is 0 Å². The lowest BCUT2D eigenvalue weighted by atomic mass is 9.92. The van der Waals surface area contributed by atoms with E-state index in [2.05, 4.69) is 58.3 Å². The molecule has 1 unspecified atom stereocenters. The molecular formula is C14H18BrN3. The lowest BCUT2D eigenvalue weighted by molar-refractivity contribution is 0.624. The second kappa shape index (κ2) is 6.14. The van der Waals surface area contributed by atoms with Crippen LogP contribution in [-0.4, -0.2) is 15.0 Å². The molecule has 0 aliphatic heterocycles. The Bertz CT molecular complexity index is 507. The van der Waals surface area contributed by atoms with Gasteiger partial charge in [-0.2, -0.15) is 0 Å². The first-order valence-corrected chi connectivity index (χ1v) is 7.17. The summed E-state index contributed by atoms with van der Waals surface area (Å²) >= 11 is 3.63. The second-order valence-corrected chi connectivity index (χ2v) is 5.25. The molecule has 0 saturated heterocycles. The molecule has 1 aromatic heterocycles. The topological polar surface area (TPSA) is 30.7 Å². The van der Waals surface area contributed by atoms with Crippen LogP contribution in [0.2, 0.25) is 0 Å². The highest BCUT2D eigenvalue weighted by molar-refractivity contribution is 9.10. The quantitative estimate of drug-likeness (QED) is 0.841. The van der Waals surface area contributed by atoms with E-state index in [1.165, 1.54) is 10.0 Å². The fourth-order valence-corrected chi connectivity index (χ4v) is 2.73. The predicted molar refractivity (Wildman–Crippen MR) is 76.6 cm³/mol. The van der Waals surface area contributed by atoms with E-state index in [9.17, 15) is 0 Å². The van der Waals surface area contributed by atoms with Crippen molar-refractivity contribution in [3.63, 3.8) is 0 Å². The Labute approximate surface area is 116 Å². The highest BCUT2D eigenvalue weighted by Crippen LogP contribution is 2.29. The van der Waals surface area contributed by atoms with E-state index >= 15 is 0 Å². The number of hydrogen-bond acceptors (Lipinski definition) is 2. The SMILES string of the molecule is CCC(Cc1cn(CC)nn1)c1ccccc1Br. The number of rotatable bonds is 5. The third-order valence-electron chi connectivity index (χ3n) is 3.20. The Kier molecular flexibility index (Phi) is 4.53. The number of hydrogen-bond donors (Lipinski definition) is 0.